The first kappa shape index (κ1) is 6.67. The SMILES string of the molecule is Cn1nc(C2(N)CC2)cc1N. The Morgan fingerprint density at radius 1 is 1.64 bits per heavy atom. The molecular formula is C7H12N4. The molecule has 0 aliphatic heterocycles. The number of hydrogen-bond donors (Lipinski definition) is 2. The molecule has 0 saturated heterocycles. The van der Waals surface area contributed by atoms with Crippen LogP contribution < -0.4 is 11.5 Å². The molecule has 1 fully saturated rings. The summed E-state index contributed by atoms with van der Waals surface area (Å²) in [7, 11) is 1.82. The second-order valence-electron chi connectivity index (χ2n) is 3.23. The van der Waals surface area contributed by atoms with E-state index in [2.05, 4.69) is 5.10 Å². The third-order valence-corrected chi connectivity index (χ3v) is 2.21. The van der Waals surface area contributed by atoms with E-state index in [1.165, 1.54) is 0 Å². The van der Waals surface area contributed by atoms with Crippen molar-refractivity contribution in [2.75, 3.05) is 5.73 Å². The van der Waals surface area contributed by atoms with Crippen molar-refractivity contribution in [2.45, 2.75) is 18.4 Å². The Hall–Kier alpha value is -1.03. The molecule has 1 heterocycles. The van der Waals surface area contributed by atoms with Crippen molar-refractivity contribution >= 4 is 5.82 Å². The highest BCUT2D eigenvalue weighted by molar-refractivity contribution is 5.35. The average molecular weight is 152 g/mol. The molecule has 0 unspecified atom stereocenters. The van der Waals surface area contributed by atoms with Crippen LogP contribution in [0.1, 0.15) is 18.5 Å². The number of hydrogen-bond acceptors (Lipinski definition) is 3. The maximum atomic E-state index is 5.92. The van der Waals surface area contributed by atoms with E-state index in [-0.39, 0.29) is 5.54 Å². The molecule has 60 valence electrons. The third kappa shape index (κ3) is 0.903. The van der Waals surface area contributed by atoms with Gasteiger partial charge in [0, 0.05) is 13.1 Å². The van der Waals surface area contributed by atoms with Gasteiger partial charge in [-0.15, -0.1) is 0 Å². The van der Waals surface area contributed by atoms with Gasteiger partial charge in [0.1, 0.15) is 5.82 Å². The van der Waals surface area contributed by atoms with Crippen LogP contribution >= 0.6 is 0 Å². The zero-order valence-electron chi connectivity index (χ0n) is 6.54. The van der Waals surface area contributed by atoms with Crippen molar-refractivity contribution in [3.05, 3.63) is 11.8 Å². The minimum atomic E-state index is -0.157. The number of nitrogen functional groups attached to an aromatic ring is 1. The topological polar surface area (TPSA) is 69.9 Å². The molecule has 0 bridgehead atoms. The van der Waals surface area contributed by atoms with Crippen molar-refractivity contribution in [3.8, 4) is 0 Å². The first-order valence-electron chi connectivity index (χ1n) is 3.71. The van der Waals surface area contributed by atoms with Gasteiger partial charge in [0.05, 0.1) is 11.2 Å². The van der Waals surface area contributed by atoms with Gasteiger partial charge in [-0.25, -0.2) is 0 Å². The van der Waals surface area contributed by atoms with Gasteiger partial charge in [-0.2, -0.15) is 5.10 Å². The van der Waals surface area contributed by atoms with Gasteiger partial charge in [0.2, 0.25) is 0 Å². The zero-order chi connectivity index (χ0) is 8.06. The molecule has 0 amide bonds. The summed E-state index contributed by atoms with van der Waals surface area (Å²) >= 11 is 0. The highest BCUT2D eigenvalue weighted by Gasteiger charge is 2.42. The minimum absolute atomic E-state index is 0.157. The smallest absolute Gasteiger partial charge is 0.121 e. The Morgan fingerprint density at radius 3 is 2.64 bits per heavy atom. The van der Waals surface area contributed by atoms with Crippen LogP contribution in [0.5, 0.6) is 0 Å². The second kappa shape index (κ2) is 1.76. The first-order chi connectivity index (χ1) is 5.12. The van der Waals surface area contributed by atoms with E-state index < -0.39 is 0 Å². The van der Waals surface area contributed by atoms with E-state index in [1.54, 1.807) is 4.68 Å². The van der Waals surface area contributed by atoms with Crippen molar-refractivity contribution in [3.63, 3.8) is 0 Å². The zero-order valence-corrected chi connectivity index (χ0v) is 6.54. The van der Waals surface area contributed by atoms with Crippen LogP contribution in [-0.2, 0) is 12.6 Å². The number of nitrogens with zero attached hydrogens (tertiary/aromatic N) is 2. The third-order valence-electron chi connectivity index (χ3n) is 2.21. The van der Waals surface area contributed by atoms with Gasteiger partial charge in [-0.1, -0.05) is 0 Å². The largest absolute Gasteiger partial charge is 0.384 e. The quantitative estimate of drug-likeness (QED) is 0.592. The number of nitrogens with two attached hydrogens (primary N) is 2. The van der Waals surface area contributed by atoms with Crippen LogP contribution in [0.2, 0.25) is 0 Å². The number of anilines is 1. The highest BCUT2D eigenvalue weighted by Crippen LogP contribution is 2.42. The van der Waals surface area contributed by atoms with E-state index >= 15 is 0 Å². The van der Waals surface area contributed by atoms with Crippen LogP contribution in [-0.4, -0.2) is 9.78 Å². The van der Waals surface area contributed by atoms with Crippen LogP contribution in [0.4, 0.5) is 5.82 Å². The van der Waals surface area contributed by atoms with Gasteiger partial charge in [0.15, 0.2) is 0 Å². The Kier molecular flexibility index (Phi) is 1.07. The maximum Gasteiger partial charge on any atom is 0.121 e. The molecule has 0 spiro atoms. The molecule has 4 nitrogen and oxygen atoms in total. The average Bonchev–Trinajstić information content (AvgIpc) is 2.59. The van der Waals surface area contributed by atoms with Gasteiger partial charge in [0.25, 0.3) is 0 Å². The van der Waals surface area contributed by atoms with Gasteiger partial charge >= 0.3 is 0 Å². The van der Waals surface area contributed by atoms with E-state index in [9.17, 15) is 0 Å². The highest BCUT2D eigenvalue weighted by atomic mass is 15.3. The minimum Gasteiger partial charge on any atom is -0.384 e. The number of aryl methyl sites for hydroxylation is 1. The fourth-order valence-electron chi connectivity index (χ4n) is 1.12. The van der Waals surface area contributed by atoms with Crippen LogP contribution in [0, 0.1) is 0 Å². The first-order valence-corrected chi connectivity index (χ1v) is 3.71. The van der Waals surface area contributed by atoms with Crippen molar-refractivity contribution in [2.24, 2.45) is 12.8 Å². The standard InChI is InChI=1S/C7H12N4/c1-11-6(8)4-5(10-11)7(9)2-3-7/h4H,2-3,8-9H2,1H3. The molecule has 0 aromatic carbocycles. The summed E-state index contributed by atoms with van der Waals surface area (Å²) in [6.45, 7) is 0. The Labute approximate surface area is 65.2 Å². The van der Waals surface area contributed by atoms with Gasteiger partial charge in [-0.3, -0.25) is 4.68 Å². The fraction of sp³-hybridized carbons (Fsp3) is 0.571. The van der Waals surface area contributed by atoms with Gasteiger partial charge in [-0.05, 0) is 12.8 Å². The Bertz CT molecular complexity index is 265. The monoisotopic (exact) mass is 152 g/mol. The lowest BCUT2D eigenvalue weighted by atomic mass is 10.2. The van der Waals surface area contributed by atoms with Crippen LogP contribution in [0.3, 0.4) is 0 Å². The lowest BCUT2D eigenvalue weighted by Gasteiger charge is -2.00. The molecule has 1 aromatic heterocycles. The van der Waals surface area contributed by atoms with E-state index in [4.69, 9.17) is 11.5 Å². The molecule has 2 rings (SSSR count). The van der Waals surface area contributed by atoms with Gasteiger partial charge < -0.3 is 11.5 Å². The molecule has 1 aliphatic carbocycles. The molecule has 0 atom stereocenters. The van der Waals surface area contributed by atoms with E-state index in [0.717, 1.165) is 18.5 Å². The predicted octanol–water partition coefficient (Wildman–Crippen LogP) is -0.0499. The maximum absolute atomic E-state index is 5.92. The normalized spacial score (nSPS) is 20.2. The summed E-state index contributed by atoms with van der Waals surface area (Å²) in [5.74, 6) is 0.678. The molecule has 11 heavy (non-hydrogen) atoms. The van der Waals surface area contributed by atoms with Crippen LogP contribution in [0.15, 0.2) is 6.07 Å². The Balaban J connectivity index is 2.39. The molecular weight excluding hydrogens is 140 g/mol. The van der Waals surface area contributed by atoms with Crippen molar-refractivity contribution < 1.29 is 0 Å². The summed E-state index contributed by atoms with van der Waals surface area (Å²) in [6.07, 6.45) is 2.06. The fourth-order valence-corrected chi connectivity index (χ4v) is 1.12. The molecule has 1 saturated carbocycles. The molecule has 1 aromatic rings. The lowest BCUT2D eigenvalue weighted by Crippen LogP contribution is -2.19. The number of rotatable bonds is 1. The summed E-state index contributed by atoms with van der Waals surface area (Å²) in [4.78, 5) is 0. The molecule has 0 radical (unpaired) electrons. The summed E-state index contributed by atoms with van der Waals surface area (Å²) in [5.41, 5.74) is 12.3. The lowest BCUT2D eigenvalue weighted by molar-refractivity contribution is 0.662. The summed E-state index contributed by atoms with van der Waals surface area (Å²) in [6, 6.07) is 1.85. The molecule has 1 aliphatic rings. The van der Waals surface area contributed by atoms with E-state index in [0.29, 0.717) is 5.82 Å². The van der Waals surface area contributed by atoms with Crippen molar-refractivity contribution in [1.29, 1.82) is 0 Å². The number of aromatic nitrogens is 2. The Morgan fingerprint density at radius 2 is 2.27 bits per heavy atom. The van der Waals surface area contributed by atoms with Crippen molar-refractivity contribution in [1.82, 2.24) is 9.78 Å². The molecule has 4 N–H and O–H groups in total. The second-order valence-corrected chi connectivity index (χ2v) is 3.23. The predicted molar refractivity (Wildman–Crippen MR) is 42.7 cm³/mol. The molecule has 4 heteroatoms. The van der Waals surface area contributed by atoms with E-state index in [1.807, 2.05) is 13.1 Å². The van der Waals surface area contributed by atoms with Crippen LogP contribution in [0.25, 0.3) is 0 Å². The summed E-state index contributed by atoms with van der Waals surface area (Å²) in [5, 5.41) is 4.21. The summed E-state index contributed by atoms with van der Waals surface area (Å²) < 4.78 is 1.66.